The molecule has 0 bridgehead atoms. The van der Waals surface area contributed by atoms with Crippen molar-refractivity contribution in [2.24, 2.45) is 0 Å². The molecule has 3 heteroatoms. The van der Waals surface area contributed by atoms with Gasteiger partial charge in [-0.25, -0.2) is 0 Å². The lowest BCUT2D eigenvalue weighted by molar-refractivity contribution is 0.138. The van der Waals surface area contributed by atoms with Crippen molar-refractivity contribution in [1.82, 2.24) is 10.2 Å². The Morgan fingerprint density at radius 1 is 1.07 bits per heavy atom. The van der Waals surface area contributed by atoms with Crippen molar-refractivity contribution in [3.05, 3.63) is 0 Å². The highest BCUT2D eigenvalue weighted by atomic mass is 32.2. The van der Waals surface area contributed by atoms with Crippen LogP contribution < -0.4 is 5.32 Å². The van der Waals surface area contributed by atoms with Gasteiger partial charge in [-0.05, 0) is 57.3 Å². The van der Waals surface area contributed by atoms with E-state index in [9.17, 15) is 0 Å². The zero-order chi connectivity index (χ0) is 9.80. The maximum Gasteiger partial charge on any atom is 0.0111 e. The fraction of sp³-hybridized carbons (Fsp3) is 1.00. The van der Waals surface area contributed by atoms with Crippen LogP contribution >= 0.6 is 11.8 Å². The molecular formula is C11H22N2S. The second kappa shape index (κ2) is 5.38. The van der Waals surface area contributed by atoms with Crippen LogP contribution in [0.25, 0.3) is 0 Å². The molecular weight excluding hydrogens is 192 g/mol. The summed E-state index contributed by atoms with van der Waals surface area (Å²) in [6.45, 7) is 2.64. The summed E-state index contributed by atoms with van der Waals surface area (Å²) in [5, 5.41) is 3.40. The molecule has 0 radical (unpaired) electrons. The molecule has 0 amide bonds. The van der Waals surface area contributed by atoms with Crippen LogP contribution in [-0.2, 0) is 0 Å². The minimum Gasteiger partial charge on any atom is -0.317 e. The molecule has 2 saturated heterocycles. The number of hydrogen-bond donors (Lipinski definition) is 1. The summed E-state index contributed by atoms with van der Waals surface area (Å²) in [7, 11) is 2.09. The van der Waals surface area contributed by atoms with Crippen molar-refractivity contribution in [2.75, 3.05) is 31.6 Å². The lowest BCUT2D eigenvalue weighted by Crippen LogP contribution is -2.46. The molecule has 1 N–H and O–H groups in total. The summed E-state index contributed by atoms with van der Waals surface area (Å²) in [4.78, 5) is 2.73. The van der Waals surface area contributed by atoms with Crippen molar-refractivity contribution >= 4 is 11.8 Å². The zero-order valence-corrected chi connectivity index (χ0v) is 9.98. The van der Waals surface area contributed by atoms with E-state index in [-0.39, 0.29) is 0 Å². The molecule has 2 heterocycles. The molecule has 2 aliphatic heterocycles. The van der Waals surface area contributed by atoms with E-state index in [1.54, 1.807) is 0 Å². The fourth-order valence-electron chi connectivity index (χ4n) is 2.60. The first kappa shape index (κ1) is 10.8. The van der Waals surface area contributed by atoms with Crippen LogP contribution in [0.4, 0.5) is 0 Å². The van der Waals surface area contributed by atoms with E-state index in [1.807, 2.05) is 0 Å². The Balaban J connectivity index is 1.76. The van der Waals surface area contributed by atoms with Crippen LogP contribution in [0, 0.1) is 0 Å². The van der Waals surface area contributed by atoms with Gasteiger partial charge in [0.25, 0.3) is 0 Å². The summed E-state index contributed by atoms with van der Waals surface area (Å²) < 4.78 is 0. The highest BCUT2D eigenvalue weighted by molar-refractivity contribution is 7.99. The van der Waals surface area contributed by atoms with Gasteiger partial charge in [-0.2, -0.15) is 11.8 Å². The number of rotatable bonds is 2. The average Bonchev–Trinajstić information content (AvgIpc) is 2.30. The van der Waals surface area contributed by atoms with Gasteiger partial charge in [0, 0.05) is 12.1 Å². The van der Waals surface area contributed by atoms with Crippen LogP contribution in [0.5, 0.6) is 0 Å². The van der Waals surface area contributed by atoms with Gasteiger partial charge in [-0.15, -0.1) is 0 Å². The van der Waals surface area contributed by atoms with Crippen LogP contribution in [0.15, 0.2) is 0 Å². The number of hydrogen-bond acceptors (Lipinski definition) is 3. The monoisotopic (exact) mass is 214 g/mol. The number of thioether (sulfide) groups is 1. The standard InChI is InChI=1S/C11H22N2S/c1-12-10-2-6-13(7-3-10)11-4-8-14-9-5-11/h10-12H,2-9H2,1H3. The predicted molar refractivity (Wildman–Crippen MR) is 64.0 cm³/mol. The van der Waals surface area contributed by atoms with E-state index in [2.05, 4.69) is 29.0 Å². The van der Waals surface area contributed by atoms with Crippen molar-refractivity contribution in [3.63, 3.8) is 0 Å². The van der Waals surface area contributed by atoms with E-state index in [1.165, 1.54) is 50.3 Å². The zero-order valence-electron chi connectivity index (χ0n) is 9.17. The fourth-order valence-corrected chi connectivity index (χ4v) is 3.69. The highest BCUT2D eigenvalue weighted by Crippen LogP contribution is 2.24. The van der Waals surface area contributed by atoms with Crippen LogP contribution in [0.2, 0.25) is 0 Å². The molecule has 2 nitrogen and oxygen atoms in total. The number of likely N-dealkylation sites (tertiary alicyclic amines) is 1. The molecule has 2 aliphatic rings. The molecule has 0 spiro atoms. The van der Waals surface area contributed by atoms with Crippen molar-refractivity contribution < 1.29 is 0 Å². The van der Waals surface area contributed by atoms with Gasteiger partial charge in [0.15, 0.2) is 0 Å². The summed E-state index contributed by atoms with van der Waals surface area (Å²) in [5.74, 6) is 2.77. The number of piperidine rings is 1. The van der Waals surface area contributed by atoms with E-state index in [0.29, 0.717) is 0 Å². The first-order chi connectivity index (χ1) is 6.90. The lowest BCUT2D eigenvalue weighted by atomic mass is 10.0. The van der Waals surface area contributed by atoms with E-state index >= 15 is 0 Å². The largest absolute Gasteiger partial charge is 0.317 e. The Bertz CT molecular complexity index is 161. The van der Waals surface area contributed by atoms with Gasteiger partial charge in [0.05, 0.1) is 0 Å². The van der Waals surface area contributed by atoms with Gasteiger partial charge in [0.2, 0.25) is 0 Å². The SMILES string of the molecule is CNC1CCN(C2CCSCC2)CC1. The highest BCUT2D eigenvalue weighted by Gasteiger charge is 2.25. The molecule has 0 atom stereocenters. The molecule has 0 aromatic carbocycles. The Labute approximate surface area is 91.8 Å². The topological polar surface area (TPSA) is 15.3 Å². The van der Waals surface area contributed by atoms with Crippen LogP contribution in [0.3, 0.4) is 0 Å². The first-order valence-corrected chi connectivity index (χ1v) is 7.04. The third-order valence-corrected chi connectivity index (χ3v) is 4.69. The van der Waals surface area contributed by atoms with Gasteiger partial charge in [0.1, 0.15) is 0 Å². The summed E-state index contributed by atoms with van der Waals surface area (Å²) in [5.41, 5.74) is 0. The Morgan fingerprint density at radius 3 is 2.29 bits per heavy atom. The van der Waals surface area contributed by atoms with E-state index in [4.69, 9.17) is 0 Å². The molecule has 2 fully saturated rings. The molecule has 82 valence electrons. The summed E-state index contributed by atoms with van der Waals surface area (Å²) in [6, 6.07) is 1.69. The smallest absolute Gasteiger partial charge is 0.0111 e. The molecule has 0 unspecified atom stereocenters. The van der Waals surface area contributed by atoms with E-state index < -0.39 is 0 Å². The van der Waals surface area contributed by atoms with Crippen molar-refractivity contribution in [1.29, 1.82) is 0 Å². The van der Waals surface area contributed by atoms with Crippen molar-refractivity contribution in [2.45, 2.75) is 37.8 Å². The second-order valence-corrected chi connectivity index (χ2v) is 5.67. The normalized spacial score (nSPS) is 28.1. The third kappa shape index (κ3) is 2.65. The molecule has 2 rings (SSSR count). The third-order valence-electron chi connectivity index (χ3n) is 3.65. The molecule has 0 aromatic heterocycles. The van der Waals surface area contributed by atoms with Crippen LogP contribution in [-0.4, -0.2) is 48.6 Å². The minimum atomic E-state index is 0.782. The lowest BCUT2D eigenvalue weighted by Gasteiger charge is -2.39. The quantitative estimate of drug-likeness (QED) is 0.751. The van der Waals surface area contributed by atoms with Gasteiger partial charge >= 0.3 is 0 Å². The van der Waals surface area contributed by atoms with E-state index in [0.717, 1.165) is 12.1 Å². The van der Waals surface area contributed by atoms with Crippen molar-refractivity contribution in [3.8, 4) is 0 Å². The first-order valence-electron chi connectivity index (χ1n) is 5.89. The van der Waals surface area contributed by atoms with Crippen LogP contribution in [0.1, 0.15) is 25.7 Å². The molecule has 0 saturated carbocycles. The van der Waals surface area contributed by atoms with Gasteiger partial charge in [-0.3, -0.25) is 0 Å². The average molecular weight is 214 g/mol. The summed E-state index contributed by atoms with van der Waals surface area (Å²) in [6.07, 6.45) is 5.55. The number of nitrogens with one attached hydrogen (secondary N) is 1. The summed E-state index contributed by atoms with van der Waals surface area (Å²) >= 11 is 2.13. The Hall–Kier alpha value is 0.270. The maximum absolute atomic E-state index is 3.40. The Kier molecular flexibility index (Phi) is 4.14. The Morgan fingerprint density at radius 2 is 1.71 bits per heavy atom. The maximum atomic E-state index is 3.40. The van der Waals surface area contributed by atoms with Gasteiger partial charge in [-0.1, -0.05) is 0 Å². The molecule has 14 heavy (non-hydrogen) atoms. The number of nitrogens with zero attached hydrogens (tertiary/aromatic N) is 1. The predicted octanol–water partition coefficient (Wildman–Crippen LogP) is 1.57. The minimum absolute atomic E-state index is 0.782. The molecule has 0 aromatic rings. The second-order valence-electron chi connectivity index (χ2n) is 4.44. The van der Waals surface area contributed by atoms with Gasteiger partial charge < -0.3 is 10.2 Å². The molecule has 0 aliphatic carbocycles.